The largest absolute Gasteiger partial charge is 0.507 e. The number of carbonyl (C=O) groups excluding carboxylic acids is 1. The van der Waals surface area contributed by atoms with Crippen molar-refractivity contribution in [3.63, 3.8) is 0 Å². The number of methoxy groups -OCH3 is 1. The number of amides is 1. The van der Waals surface area contributed by atoms with Gasteiger partial charge in [0.25, 0.3) is 5.91 Å². The molecule has 2 rings (SSSR count). The van der Waals surface area contributed by atoms with Crippen molar-refractivity contribution in [1.82, 2.24) is 15.3 Å². The molecule has 6 nitrogen and oxygen atoms in total. The van der Waals surface area contributed by atoms with Crippen LogP contribution in [0.1, 0.15) is 10.4 Å². The minimum Gasteiger partial charge on any atom is -0.507 e. The molecule has 0 unspecified atom stereocenters. The lowest BCUT2D eigenvalue weighted by Crippen LogP contribution is -2.52. The van der Waals surface area contributed by atoms with Crippen molar-refractivity contribution in [1.29, 1.82) is 0 Å². The lowest BCUT2D eigenvalue weighted by Gasteiger charge is -2.32. The van der Waals surface area contributed by atoms with E-state index >= 15 is 0 Å². The number of rotatable bonds is 3. The topological polar surface area (TPSA) is 65.0 Å². The van der Waals surface area contributed by atoms with Gasteiger partial charge in [-0.3, -0.25) is 10.2 Å². The zero-order chi connectivity index (χ0) is 13.8. The van der Waals surface area contributed by atoms with Crippen molar-refractivity contribution in [2.75, 3.05) is 40.3 Å². The number of ether oxygens (including phenoxy) is 1. The Morgan fingerprint density at radius 2 is 2.00 bits per heavy atom. The highest BCUT2D eigenvalue weighted by atomic mass is 16.5. The van der Waals surface area contributed by atoms with Gasteiger partial charge in [0.1, 0.15) is 11.5 Å². The SMILES string of the molecule is COc1ccc(O)c(C(=O)NN2CCN(C)CC2)c1. The summed E-state index contributed by atoms with van der Waals surface area (Å²) in [6, 6.07) is 4.60. The lowest BCUT2D eigenvalue weighted by molar-refractivity contribution is 0.0660. The number of aromatic hydroxyl groups is 1. The minimum atomic E-state index is -0.319. The van der Waals surface area contributed by atoms with Gasteiger partial charge >= 0.3 is 0 Å². The number of phenols is 1. The molecular formula is C13H19N3O3. The van der Waals surface area contributed by atoms with Gasteiger partial charge in [-0.05, 0) is 25.2 Å². The molecule has 1 aliphatic heterocycles. The van der Waals surface area contributed by atoms with E-state index < -0.39 is 0 Å². The van der Waals surface area contributed by atoms with E-state index in [1.165, 1.54) is 19.2 Å². The Hall–Kier alpha value is -1.79. The zero-order valence-electron chi connectivity index (χ0n) is 11.2. The third kappa shape index (κ3) is 3.36. The highest BCUT2D eigenvalue weighted by molar-refractivity contribution is 5.96. The van der Waals surface area contributed by atoms with Gasteiger partial charge in [-0.1, -0.05) is 0 Å². The molecule has 1 fully saturated rings. The molecule has 1 aromatic carbocycles. The van der Waals surface area contributed by atoms with Crippen LogP contribution in [-0.2, 0) is 0 Å². The third-order valence-corrected chi connectivity index (χ3v) is 3.21. The Kier molecular flexibility index (Phi) is 4.24. The number of nitrogens with one attached hydrogen (secondary N) is 1. The highest BCUT2D eigenvalue weighted by Gasteiger charge is 2.18. The minimum absolute atomic E-state index is 0.0487. The van der Waals surface area contributed by atoms with Gasteiger partial charge in [-0.15, -0.1) is 0 Å². The molecule has 0 saturated carbocycles. The van der Waals surface area contributed by atoms with Crippen LogP contribution >= 0.6 is 0 Å². The maximum absolute atomic E-state index is 12.1. The number of piperazine rings is 1. The molecule has 1 saturated heterocycles. The van der Waals surface area contributed by atoms with E-state index in [1.807, 2.05) is 12.1 Å². The molecule has 0 atom stereocenters. The molecule has 2 N–H and O–H groups in total. The Morgan fingerprint density at radius 1 is 1.32 bits per heavy atom. The normalized spacial score (nSPS) is 17.2. The van der Waals surface area contributed by atoms with E-state index in [0.717, 1.165) is 26.2 Å². The molecule has 1 heterocycles. The summed E-state index contributed by atoms with van der Waals surface area (Å²) in [7, 11) is 3.57. The summed E-state index contributed by atoms with van der Waals surface area (Å²) in [5, 5.41) is 11.6. The average molecular weight is 265 g/mol. The van der Waals surface area contributed by atoms with Crippen LogP contribution in [0.5, 0.6) is 11.5 Å². The second-order valence-corrected chi connectivity index (χ2v) is 4.61. The molecule has 0 aromatic heterocycles. The summed E-state index contributed by atoms with van der Waals surface area (Å²) >= 11 is 0. The number of carbonyl (C=O) groups is 1. The van der Waals surface area contributed by atoms with Crippen LogP contribution in [0.3, 0.4) is 0 Å². The summed E-state index contributed by atoms with van der Waals surface area (Å²) in [4.78, 5) is 14.3. The van der Waals surface area contributed by atoms with Gasteiger partial charge in [0.2, 0.25) is 0 Å². The molecule has 1 amide bonds. The van der Waals surface area contributed by atoms with Crippen LogP contribution in [0.15, 0.2) is 18.2 Å². The number of hydrogen-bond acceptors (Lipinski definition) is 5. The smallest absolute Gasteiger partial charge is 0.269 e. The molecule has 1 aromatic rings. The van der Waals surface area contributed by atoms with Gasteiger partial charge in [-0.25, -0.2) is 5.01 Å². The fraction of sp³-hybridized carbons (Fsp3) is 0.462. The second-order valence-electron chi connectivity index (χ2n) is 4.61. The van der Waals surface area contributed by atoms with Gasteiger partial charge in [0.15, 0.2) is 0 Å². The molecule has 6 heteroatoms. The first-order chi connectivity index (χ1) is 9.10. The van der Waals surface area contributed by atoms with Crippen molar-refractivity contribution >= 4 is 5.91 Å². The zero-order valence-corrected chi connectivity index (χ0v) is 11.2. The molecule has 104 valence electrons. The van der Waals surface area contributed by atoms with E-state index in [4.69, 9.17) is 4.74 Å². The van der Waals surface area contributed by atoms with E-state index in [-0.39, 0.29) is 17.2 Å². The number of likely N-dealkylation sites (N-methyl/N-ethyl adjacent to an activating group) is 1. The van der Waals surface area contributed by atoms with Crippen LogP contribution in [-0.4, -0.2) is 61.3 Å². The van der Waals surface area contributed by atoms with Crippen molar-refractivity contribution in [3.8, 4) is 11.5 Å². The van der Waals surface area contributed by atoms with E-state index in [9.17, 15) is 9.90 Å². The maximum Gasteiger partial charge on any atom is 0.269 e. The number of benzene rings is 1. The summed E-state index contributed by atoms with van der Waals surface area (Å²) in [5.41, 5.74) is 3.02. The fourth-order valence-electron chi connectivity index (χ4n) is 1.95. The second kappa shape index (κ2) is 5.90. The number of hydrogen-bond donors (Lipinski definition) is 2. The molecule has 0 spiro atoms. The number of phenolic OH excluding ortho intramolecular Hbond substituents is 1. The van der Waals surface area contributed by atoms with Crippen LogP contribution < -0.4 is 10.2 Å². The van der Waals surface area contributed by atoms with E-state index in [0.29, 0.717) is 5.75 Å². The van der Waals surface area contributed by atoms with Crippen molar-refractivity contribution < 1.29 is 14.6 Å². The van der Waals surface area contributed by atoms with Gasteiger partial charge in [0, 0.05) is 26.2 Å². The van der Waals surface area contributed by atoms with Gasteiger partial charge < -0.3 is 14.7 Å². The molecule has 0 radical (unpaired) electrons. The summed E-state index contributed by atoms with van der Waals surface area (Å²) < 4.78 is 5.05. The van der Waals surface area contributed by atoms with E-state index in [2.05, 4.69) is 10.3 Å². The van der Waals surface area contributed by atoms with Crippen LogP contribution in [0.4, 0.5) is 0 Å². The van der Waals surface area contributed by atoms with Crippen molar-refractivity contribution in [3.05, 3.63) is 23.8 Å². The summed E-state index contributed by atoms with van der Waals surface area (Å²) in [5.74, 6) is 0.176. The van der Waals surface area contributed by atoms with Crippen molar-refractivity contribution in [2.24, 2.45) is 0 Å². The maximum atomic E-state index is 12.1. The highest BCUT2D eigenvalue weighted by Crippen LogP contribution is 2.22. The molecular weight excluding hydrogens is 246 g/mol. The quantitative estimate of drug-likeness (QED) is 0.822. The van der Waals surface area contributed by atoms with Crippen molar-refractivity contribution in [2.45, 2.75) is 0 Å². The number of nitrogens with zero attached hydrogens (tertiary/aromatic N) is 2. The van der Waals surface area contributed by atoms with Crippen LogP contribution in [0.2, 0.25) is 0 Å². The third-order valence-electron chi connectivity index (χ3n) is 3.21. The average Bonchev–Trinajstić information content (AvgIpc) is 2.42. The van der Waals surface area contributed by atoms with Gasteiger partial charge in [0.05, 0.1) is 12.7 Å². The van der Waals surface area contributed by atoms with Crippen LogP contribution in [0, 0.1) is 0 Å². The standard InChI is InChI=1S/C13H19N3O3/c1-15-5-7-16(8-6-15)14-13(18)11-9-10(19-2)3-4-12(11)17/h3-4,9,17H,5-8H2,1-2H3,(H,14,18). The Labute approximate surface area is 112 Å². The molecule has 19 heavy (non-hydrogen) atoms. The predicted octanol–water partition coefficient (Wildman–Crippen LogP) is 0.293. The Balaban J connectivity index is 2.03. The summed E-state index contributed by atoms with van der Waals surface area (Å²) in [6.45, 7) is 3.36. The fourth-order valence-corrected chi connectivity index (χ4v) is 1.95. The van der Waals surface area contributed by atoms with Gasteiger partial charge in [-0.2, -0.15) is 0 Å². The first-order valence-corrected chi connectivity index (χ1v) is 6.21. The molecule has 1 aliphatic rings. The monoisotopic (exact) mass is 265 g/mol. The summed E-state index contributed by atoms with van der Waals surface area (Å²) in [6.07, 6.45) is 0. The predicted molar refractivity (Wildman–Crippen MR) is 71.2 cm³/mol. The van der Waals surface area contributed by atoms with Crippen LogP contribution in [0.25, 0.3) is 0 Å². The first-order valence-electron chi connectivity index (χ1n) is 6.21. The number of hydrazine groups is 1. The molecule has 0 bridgehead atoms. The lowest BCUT2D eigenvalue weighted by atomic mass is 10.2. The Morgan fingerprint density at radius 3 is 2.63 bits per heavy atom. The van der Waals surface area contributed by atoms with E-state index in [1.54, 1.807) is 6.07 Å². The first kappa shape index (κ1) is 13.6. The Bertz CT molecular complexity index is 456. The molecule has 0 aliphatic carbocycles.